The highest BCUT2D eigenvalue weighted by Crippen LogP contribution is 2.07. The molecule has 0 aliphatic heterocycles. The van der Waals surface area contributed by atoms with Gasteiger partial charge in [-0.1, -0.05) is 40.5 Å². The van der Waals surface area contributed by atoms with Crippen LogP contribution < -0.4 is 0 Å². The number of hydrogen-bond donors (Lipinski definition) is 0. The summed E-state index contributed by atoms with van der Waals surface area (Å²) in [4.78, 5) is 4.42. The van der Waals surface area contributed by atoms with Gasteiger partial charge in [0.2, 0.25) is 0 Å². The molecule has 0 radical (unpaired) electrons. The minimum absolute atomic E-state index is 0.750. The van der Waals surface area contributed by atoms with Crippen molar-refractivity contribution in [3.8, 4) is 0 Å². The molecule has 2 unspecified atom stereocenters. The third kappa shape index (κ3) is 8.01. The standard InChI is InChI=1S/C12H25N/c1-5-11(3)8-7-9-13-10-12(4)6-2/h9,11-12H,5-8,10H2,1-4H3. The van der Waals surface area contributed by atoms with E-state index in [-0.39, 0.29) is 0 Å². The van der Waals surface area contributed by atoms with Gasteiger partial charge in [0.25, 0.3) is 0 Å². The molecule has 0 aliphatic rings. The lowest BCUT2D eigenvalue weighted by Crippen LogP contribution is -1.97. The maximum atomic E-state index is 4.42. The second kappa shape index (κ2) is 8.28. The van der Waals surface area contributed by atoms with Crippen LogP contribution in [0.15, 0.2) is 4.99 Å². The average Bonchev–Trinajstić information content (AvgIpc) is 2.16. The van der Waals surface area contributed by atoms with Crippen LogP contribution in [0.25, 0.3) is 0 Å². The molecule has 0 aromatic carbocycles. The van der Waals surface area contributed by atoms with Crippen LogP contribution in [0.1, 0.15) is 53.4 Å². The predicted octanol–water partition coefficient (Wildman–Crippen LogP) is 3.93. The molecule has 2 atom stereocenters. The number of aliphatic imine (C=N–C) groups is 1. The second-order valence-electron chi connectivity index (χ2n) is 4.15. The summed E-state index contributed by atoms with van der Waals surface area (Å²) in [6.45, 7) is 10.0. The molecule has 0 aromatic rings. The van der Waals surface area contributed by atoms with E-state index >= 15 is 0 Å². The van der Waals surface area contributed by atoms with Gasteiger partial charge in [-0.15, -0.1) is 0 Å². The molecule has 78 valence electrons. The molecule has 1 nitrogen and oxygen atoms in total. The van der Waals surface area contributed by atoms with E-state index in [0.717, 1.165) is 24.8 Å². The summed E-state index contributed by atoms with van der Waals surface area (Å²) in [7, 11) is 0. The highest BCUT2D eigenvalue weighted by atomic mass is 14.7. The lowest BCUT2D eigenvalue weighted by Gasteiger charge is -2.05. The Morgan fingerprint density at radius 1 is 1.08 bits per heavy atom. The van der Waals surface area contributed by atoms with Crippen molar-refractivity contribution in [1.82, 2.24) is 0 Å². The minimum Gasteiger partial charge on any atom is -0.297 e. The van der Waals surface area contributed by atoms with Gasteiger partial charge in [-0.05, 0) is 30.9 Å². The molecular formula is C12H25N. The predicted molar refractivity (Wildman–Crippen MR) is 61.5 cm³/mol. The first kappa shape index (κ1) is 12.7. The smallest absolute Gasteiger partial charge is 0.0410 e. The molecule has 0 amide bonds. The molecule has 0 fully saturated rings. The van der Waals surface area contributed by atoms with Crippen molar-refractivity contribution >= 4 is 6.21 Å². The fraction of sp³-hybridized carbons (Fsp3) is 0.917. The Balaban J connectivity index is 3.31. The maximum Gasteiger partial charge on any atom is 0.0410 e. The molecule has 0 saturated carbocycles. The zero-order valence-corrected chi connectivity index (χ0v) is 9.71. The van der Waals surface area contributed by atoms with Crippen LogP contribution >= 0.6 is 0 Å². The summed E-state index contributed by atoms with van der Waals surface area (Å²) in [5, 5.41) is 0. The number of rotatable bonds is 7. The highest BCUT2D eigenvalue weighted by molar-refractivity contribution is 5.56. The Labute approximate surface area is 83.6 Å². The van der Waals surface area contributed by atoms with Crippen molar-refractivity contribution in [2.75, 3.05) is 6.54 Å². The summed E-state index contributed by atoms with van der Waals surface area (Å²) in [5.41, 5.74) is 0. The fourth-order valence-electron chi connectivity index (χ4n) is 1.04. The van der Waals surface area contributed by atoms with Gasteiger partial charge in [0.05, 0.1) is 0 Å². The molecule has 0 rings (SSSR count). The zero-order chi connectivity index (χ0) is 10.1. The van der Waals surface area contributed by atoms with Crippen LogP contribution in [-0.4, -0.2) is 12.8 Å². The van der Waals surface area contributed by atoms with Gasteiger partial charge in [-0.3, -0.25) is 4.99 Å². The molecule has 0 heterocycles. The highest BCUT2D eigenvalue weighted by Gasteiger charge is 1.96. The van der Waals surface area contributed by atoms with E-state index in [1.165, 1.54) is 19.3 Å². The Hall–Kier alpha value is -0.330. The van der Waals surface area contributed by atoms with Crippen molar-refractivity contribution in [2.24, 2.45) is 16.8 Å². The van der Waals surface area contributed by atoms with Crippen LogP contribution in [0.2, 0.25) is 0 Å². The van der Waals surface area contributed by atoms with Crippen LogP contribution in [0.5, 0.6) is 0 Å². The van der Waals surface area contributed by atoms with Gasteiger partial charge in [0, 0.05) is 6.54 Å². The summed E-state index contributed by atoms with van der Waals surface area (Å²) in [6.07, 6.45) is 7.09. The van der Waals surface area contributed by atoms with E-state index in [0.29, 0.717) is 0 Å². The Morgan fingerprint density at radius 2 is 1.69 bits per heavy atom. The van der Waals surface area contributed by atoms with Crippen LogP contribution in [0, 0.1) is 11.8 Å². The van der Waals surface area contributed by atoms with Gasteiger partial charge in [0.1, 0.15) is 0 Å². The lowest BCUT2D eigenvalue weighted by molar-refractivity contribution is 0.528. The quantitative estimate of drug-likeness (QED) is 0.530. The van der Waals surface area contributed by atoms with E-state index in [1.807, 2.05) is 0 Å². The molecule has 13 heavy (non-hydrogen) atoms. The van der Waals surface area contributed by atoms with Crippen LogP contribution in [0.4, 0.5) is 0 Å². The summed E-state index contributed by atoms with van der Waals surface area (Å²) < 4.78 is 0. The van der Waals surface area contributed by atoms with Gasteiger partial charge in [-0.2, -0.15) is 0 Å². The van der Waals surface area contributed by atoms with Gasteiger partial charge in [-0.25, -0.2) is 0 Å². The Kier molecular flexibility index (Phi) is 8.07. The minimum atomic E-state index is 0.750. The summed E-state index contributed by atoms with van der Waals surface area (Å²) in [6, 6.07) is 0. The fourth-order valence-corrected chi connectivity index (χ4v) is 1.04. The summed E-state index contributed by atoms with van der Waals surface area (Å²) >= 11 is 0. The van der Waals surface area contributed by atoms with Crippen molar-refractivity contribution in [2.45, 2.75) is 53.4 Å². The van der Waals surface area contributed by atoms with Crippen LogP contribution in [-0.2, 0) is 0 Å². The topological polar surface area (TPSA) is 12.4 Å². The molecule has 0 N–H and O–H groups in total. The van der Waals surface area contributed by atoms with Crippen molar-refractivity contribution in [1.29, 1.82) is 0 Å². The average molecular weight is 183 g/mol. The van der Waals surface area contributed by atoms with Crippen molar-refractivity contribution < 1.29 is 0 Å². The molecule has 0 aromatic heterocycles. The first-order valence-corrected chi connectivity index (χ1v) is 5.68. The van der Waals surface area contributed by atoms with Gasteiger partial charge >= 0.3 is 0 Å². The third-order valence-corrected chi connectivity index (χ3v) is 2.73. The van der Waals surface area contributed by atoms with Crippen molar-refractivity contribution in [3.63, 3.8) is 0 Å². The van der Waals surface area contributed by atoms with E-state index in [4.69, 9.17) is 0 Å². The van der Waals surface area contributed by atoms with E-state index in [1.54, 1.807) is 0 Å². The zero-order valence-electron chi connectivity index (χ0n) is 9.71. The van der Waals surface area contributed by atoms with E-state index in [2.05, 4.69) is 38.9 Å². The molecule has 0 bridgehead atoms. The Morgan fingerprint density at radius 3 is 2.23 bits per heavy atom. The molecule has 1 heteroatoms. The van der Waals surface area contributed by atoms with Gasteiger partial charge < -0.3 is 0 Å². The maximum absolute atomic E-state index is 4.42. The molecule has 0 aliphatic carbocycles. The third-order valence-electron chi connectivity index (χ3n) is 2.73. The largest absolute Gasteiger partial charge is 0.297 e. The normalized spacial score (nSPS) is 16.3. The first-order valence-electron chi connectivity index (χ1n) is 5.68. The second-order valence-corrected chi connectivity index (χ2v) is 4.15. The lowest BCUT2D eigenvalue weighted by atomic mass is 10.0. The molecule has 0 saturated heterocycles. The van der Waals surface area contributed by atoms with E-state index in [9.17, 15) is 0 Å². The number of hydrogen-bond acceptors (Lipinski definition) is 1. The molecule has 0 spiro atoms. The summed E-state index contributed by atoms with van der Waals surface area (Å²) in [5.74, 6) is 1.61. The van der Waals surface area contributed by atoms with Gasteiger partial charge in [0.15, 0.2) is 0 Å². The van der Waals surface area contributed by atoms with Crippen molar-refractivity contribution in [3.05, 3.63) is 0 Å². The first-order chi connectivity index (χ1) is 6.20. The Bertz CT molecular complexity index is 129. The van der Waals surface area contributed by atoms with Crippen LogP contribution in [0.3, 0.4) is 0 Å². The number of nitrogens with zero attached hydrogens (tertiary/aromatic N) is 1. The SMILES string of the molecule is CCC(C)CCC=NCC(C)CC. The molecular weight excluding hydrogens is 158 g/mol. The van der Waals surface area contributed by atoms with E-state index < -0.39 is 0 Å². The monoisotopic (exact) mass is 183 g/mol.